The van der Waals surface area contributed by atoms with Gasteiger partial charge in [-0.2, -0.15) is 13.2 Å². The van der Waals surface area contributed by atoms with Crippen LogP contribution in [0.1, 0.15) is 29.6 Å². The molecule has 0 radical (unpaired) electrons. The number of hydrogen-bond donors (Lipinski definition) is 1. The average molecular weight is 587 g/mol. The Bertz CT molecular complexity index is 1470. The number of sulfonamides is 1. The normalized spacial score (nSPS) is 15.2. The highest BCUT2D eigenvalue weighted by molar-refractivity contribution is 7.90. The molecule has 204 valence electrons. The molecule has 1 amide bonds. The Hall–Kier alpha value is -2.90. The summed E-state index contributed by atoms with van der Waals surface area (Å²) in [7, 11) is -5.94. The molecule has 0 bridgehead atoms. The monoisotopic (exact) mass is 586 g/mol. The summed E-state index contributed by atoms with van der Waals surface area (Å²) >= 11 is 6.18. The number of ether oxygens (including phenoxy) is 1. The van der Waals surface area contributed by atoms with Gasteiger partial charge in [0.05, 0.1) is 30.6 Å². The van der Waals surface area contributed by atoms with Crippen molar-refractivity contribution in [2.75, 3.05) is 6.61 Å². The Morgan fingerprint density at radius 1 is 1.18 bits per heavy atom. The van der Waals surface area contributed by atoms with Crippen molar-refractivity contribution in [1.29, 1.82) is 0 Å². The first-order valence-electron chi connectivity index (χ1n) is 11.7. The summed E-state index contributed by atoms with van der Waals surface area (Å²) < 4.78 is 73.5. The Kier molecular flexibility index (Phi) is 7.40. The standard InChI is InChI=1S/C24H26ClF3N4O4SSi/c1-38(2,3)17-6-4-5-16(15-17)37(34,35)31-22(33)18-7-8-19(29-21(18)25)32-13-9-20(30-32)36-14-12-23(10-11-23)24(26,27)28/h4-9,13,15H,10-12,14H2,1-3H3,(H,31,33). The summed E-state index contributed by atoms with van der Waals surface area (Å²) in [4.78, 5) is 16.8. The second-order valence-corrected chi connectivity index (χ2v) is 17.3. The van der Waals surface area contributed by atoms with Crippen LogP contribution in [0.15, 0.2) is 53.6 Å². The van der Waals surface area contributed by atoms with Gasteiger partial charge in [-0.15, -0.1) is 5.10 Å². The first-order valence-corrected chi connectivity index (χ1v) is 17.1. The van der Waals surface area contributed by atoms with Crippen molar-refractivity contribution < 1.29 is 31.1 Å². The molecular formula is C24H26ClF3N4O4SSi. The number of amides is 1. The Morgan fingerprint density at radius 2 is 1.89 bits per heavy atom. The van der Waals surface area contributed by atoms with Crippen molar-refractivity contribution in [3.63, 3.8) is 0 Å². The highest BCUT2D eigenvalue weighted by Crippen LogP contribution is 2.59. The molecule has 0 unspecified atom stereocenters. The van der Waals surface area contributed by atoms with Crippen LogP contribution in [0.3, 0.4) is 0 Å². The summed E-state index contributed by atoms with van der Waals surface area (Å²) in [6.07, 6.45) is -2.73. The average Bonchev–Trinajstić information content (AvgIpc) is 3.48. The molecule has 1 N–H and O–H groups in total. The van der Waals surface area contributed by atoms with Crippen molar-refractivity contribution in [3.8, 4) is 11.7 Å². The maximum Gasteiger partial charge on any atom is 0.394 e. The molecule has 8 nitrogen and oxygen atoms in total. The van der Waals surface area contributed by atoms with Crippen LogP contribution in [-0.4, -0.2) is 49.9 Å². The number of nitrogens with zero attached hydrogens (tertiary/aromatic N) is 3. The molecule has 1 aromatic carbocycles. The minimum atomic E-state index is -4.25. The minimum absolute atomic E-state index is 0.0293. The molecule has 1 aliphatic carbocycles. The first kappa shape index (κ1) is 28.1. The number of carbonyl (C=O) groups excluding carboxylic acids is 1. The van der Waals surface area contributed by atoms with E-state index in [0.29, 0.717) is 0 Å². The van der Waals surface area contributed by atoms with Crippen molar-refractivity contribution in [3.05, 3.63) is 59.4 Å². The molecule has 38 heavy (non-hydrogen) atoms. The van der Waals surface area contributed by atoms with Crippen molar-refractivity contribution >= 4 is 40.8 Å². The van der Waals surface area contributed by atoms with Crippen LogP contribution in [0.5, 0.6) is 5.88 Å². The third-order valence-electron chi connectivity index (χ3n) is 6.40. The molecule has 3 aromatic rings. The highest BCUT2D eigenvalue weighted by atomic mass is 35.5. The topological polar surface area (TPSA) is 103 Å². The minimum Gasteiger partial charge on any atom is -0.477 e. The van der Waals surface area contributed by atoms with Crippen molar-refractivity contribution in [2.45, 2.75) is 50.0 Å². The lowest BCUT2D eigenvalue weighted by Crippen LogP contribution is -2.38. The number of benzene rings is 1. The predicted octanol–water partition coefficient (Wildman–Crippen LogP) is 4.70. The van der Waals surface area contributed by atoms with Gasteiger partial charge in [-0.3, -0.25) is 4.79 Å². The third-order valence-corrected chi connectivity index (χ3v) is 10.1. The summed E-state index contributed by atoms with van der Waals surface area (Å²) in [6.45, 7) is 6.10. The molecular weight excluding hydrogens is 561 g/mol. The molecule has 4 rings (SSSR count). The number of nitrogens with one attached hydrogen (secondary N) is 1. The van der Waals surface area contributed by atoms with Crippen LogP contribution in [0, 0.1) is 5.41 Å². The molecule has 0 atom stereocenters. The van der Waals surface area contributed by atoms with E-state index in [1.165, 1.54) is 35.1 Å². The van der Waals surface area contributed by atoms with E-state index < -0.39 is 35.6 Å². The molecule has 0 spiro atoms. The van der Waals surface area contributed by atoms with Crippen LogP contribution >= 0.6 is 11.6 Å². The van der Waals surface area contributed by atoms with Crippen LogP contribution < -0.4 is 14.6 Å². The first-order chi connectivity index (χ1) is 17.6. The smallest absolute Gasteiger partial charge is 0.394 e. The number of alkyl halides is 3. The molecule has 0 aliphatic heterocycles. The fraction of sp³-hybridized carbons (Fsp3) is 0.375. The highest BCUT2D eigenvalue weighted by Gasteiger charge is 2.62. The zero-order valence-corrected chi connectivity index (χ0v) is 23.4. The zero-order chi connectivity index (χ0) is 27.9. The van der Waals surface area contributed by atoms with E-state index in [9.17, 15) is 26.4 Å². The summed E-state index contributed by atoms with van der Waals surface area (Å²) in [6, 6.07) is 10.6. The number of hydrogen-bond acceptors (Lipinski definition) is 6. The molecule has 2 aromatic heterocycles. The van der Waals surface area contributed by atoms with Crippen LogP contribution in [0.4, 0.5) is 13.2 Å². The van der Waals surface area contributed by atoms with Crippen LogP contribution in [-0.2, 0) is 10.0 Å². The number of halogens is 4. The summed E-state index contributed by atoms with van der Waals surface area (Å²) in [5, 5.41) is 4.79. The number of aromatic nitrogens is 3. The lowest BCUT2D eigenvalue weighted by molar-refractivity contribution is -0.190. The second kappa shape index (κ2) is 10.0. The van der Waals surface area contributed by atoms with Gasteiger partial charge in [-0.05, 0) is 43.5 Å². The number of rotatable bonds is 9. The SMILES string of the molecule is C[Si](C)(C)c1cccc(S(=O)(=O)NC(=O)c2ccc(-n3ccc(OCCC4(C(F)(F)F)CC4)n3)nc2Cl)c1. The van der Waals surface area contributed by atoms with E-state index in [4.69, 9.17) is 16.3 Å². The molecule has 0 saturated heterocycles. The van der Waals surface area contributed by atoms with E-state index >= 15 is 0 Å². The van der Waals surface area contributed by atoms with Gasteiger partial charge in [0.25, 0.3) is 15.9 Å². The lowest BCUT2D eigenvalue weighted by Gasteiger charge is -2.18. The summed E-state index contributed by atoms with van der Waals surface area (Å²) in [5.41, 5.74) is -1.82. The number of carbonyl (C=O) groups is 1. The van der Waals surface area contributed by atoms with E-state index in [-0.39, 0.29) is 53.2 Å². The van der Waals surface area contributed by atoms with Gasteiger partial charge in [-0.25, -0.2) is 22.8 Å². The predicted molar refractivity (Wildman–Crippen MR) is 138 cm³/mol. The molecule has 1 aliphatic rings. The van der Waals surface area contributed by atoms with Gasteiger partial charge >= 0.3 is 6.18 Å². The van der Waals surface area contributed by atoms with Crippen LogP contribution in [0.25, 0.3) is 5.82 Å². The third kappa shape index (κ3) is 6.05. The Labute approximate surface area is 224 Å². The van der Waals surface area contributed by atoms with E-state index in [1.54, 1.807) is 12.1 Å². The van der Waals surface area contributed by atoms with E-state index in [2.05, 4.69) is 29.7 Å². The van der Waals surface area contributed by atoms with Crippen molar-refractivity contribution in [1.82, 2.24) is 19.5 Å². The van der Waals surface area contributed by atoms with Crippen molar-refractivity contribution in [2.24, 2.45) is 5.41 Å². The molecule has 2 heterocycles. The molecule has 1 fully saturated rings. The maximum atomic E-state index is 13.1. The Balaban J connectivity index is 1.42. The van der Waals surface area contributed by atoms with Gasteiger partial charge in [0.15, 0.2) is 5.82 Å². The second-order valence-electron chi connectivity index (χ2n) is 10.2. The fourth-order valence-electron chi connectivity index (χ4n) is 3.78. The zero-order valence-electron chi connectivity index (χ0n) is 20.8. The van der Waals surface area contributed by atoms with Gasteiger partial charge in [-0.1, -0.05) is 48.6 Å². The van der Waals surface area contributed by atoms with Gasteiger partial charge in [0, 0.05) is 12.3 Å². The van der Waals surface area contributed by atoms with Gasteiger partial charge < -0.3 is 4.74 Å². The maximum absolute atomic E-state index is 13.1. The number of pyridine rings is 1. The van der Waals surface area contributed by atoms with E-state index in [0.717, 1.165) is 5.19 Å². The van der Waals surface area contributed by atoms with Crippen LogP contribution in [0.2, 0.25) is 24.8 Å². The van der Waals surface area contributed by atoms with Gasteiger partial charge in [0.1, 0.15) is 5.15 Å². The quantitative estimate of drug-likeness (QED) is 0.288. The van der Waals surface area contributed by atoms with E-state index in [1.807, 2.05) is 10.8 Å². The molecule has 1 saturated carbocycles. The largest absolute Gasteiger partial charge is 0.477 e. The summed E-state index contributed by atoms with van der Waals surface area (Å²) in [5.74, 6) is -0.647. The fourth-order valence-corrected chi connectivity index (χ4v) is 6.31. The Morgan fingerprint density at radius 3 is 2.50 bits per heavy atom. The lowest BCUT2D eigenvalue weighted by atomic mass is 10.0. The molecule has 14 heteroatoms. The van der Waals surface area contributed by atoms with Gasteiger partial charge in [0.2, 0.25) is 5.88 Å².